The minimum absolute atomic E-state index is 0.844. The largest absolute Gasteiger partial charge is 0.382 e. The highest BCUT2D eigenvalue weighted by Crippen LogP contribution is 1.90. The van der Waals surface area contributed by atoms with Gasteiger partial charge < -0.3 is 9.84 Å². The third-order valence-electron chi connectivity index (χ3n) is 0.408. The summed E-state index contributed by atoms with van der Waals surface area (Å²) in [7, 11) is 0. The predicted octanol–water partition coefficient (Wildman–Crippen LogP) is 1.78. The van der Waals surface area contributed by atoms with Crippen molar-refractivity contribution < 1.29 is 9.84 Å². The number of aliphatic hydroxyl groups is 1. The zero-order chi connectivity index (χ0) is 7.70. The van der Waals surface area contributed by atoms with Crippen LogP contribution < -0.4 is 0 Å². The van der Waals surface area contributed by atoms with E-state index in [0.717, 1.165) is 13.2 Å². The lowest BCUT2D eigenvalue weighted by molar-refractivity contribution is 0.162. The third-order valence-corrected chi connectivity index (χ3v) is 0.408. The Morgan fingerprint density at radius 2 is 1.56 bits per heavy atom. The highest BCUT2D eigenvalue weighted by Gasteiger charge is 1.76. The van der Waals surface area contributed by atoms with Crippen LogP contribution in [0.25, 0.3) is 0 Å². The first-order chi connectivity index (χ1) is 4.15. The fraction of sp³-hybridized carbons (Fsp3) is 1.00. The van der Waals surface area contributed by atoms with Gasteiger partial charge in [-0.1, -0.05) is 23.2 Å². The number of ether oxygens (including phenoxy) is 1. The summed E-state index contributed by atoms with van der Waals surface area (Å²) in [6.45, 7) is 5.67. The molecule has 9 heavy (non-hydrogen) atoms. The Kier molecular flexibility index (Phi) is 15.3. The van der Waals surface area contributed by atoms with Crippen LogP contribution in [0.5, 0.6) is 0 Å². The minimum Gasteiger partial charge on any atom is -0.382 e. The lowest BCUT2D eigenvalue weighted by Crippen LogP contribution is -1.84. The summed E-state index contributed by atoms with van der Waals surface area (Å²) in [5, 5.41) is 6.36. The lowest BCUT2D eigenvalue weighted by atomic mass is 10.8. The van der Waals surface area contributed by atoms with Crippen molar-refractivity contribution in [2.75, 3.05) is 13.2 Å². The molecule has 0 aromatic carbocycles. The number of hydrogen-bond acceptors (Lipinski definition) is 2. The molecule has 0 saturated heterocycles. The summed E-state index contributed by atoms with van der Waals surface area (Å²) < 4.78 is 4.83. The zero-order valence-corrected chi connectivity index (χ0v) is 7.11. The Bertz CT molecular complexity index is 37.2. The summed E-state index contributed by atoms with van der Waals surface area (Å²) in [5.41, 5.74) is 0. The first-order valence-corrected chi connectivity index (χ1v) is 3.56. The summed E-state index contributed by atoms with van der Waals surface area (Å²) in [4.78, 5) is 0. The van der Waals surface area contributed by atoms with Gasteiger partial charge in [0.25, 0.3) is 0 Å². The van der Waals surface area contributed by atoms with Crippen molar-refractivity contribution >= 4 is 23.2 Å². The molecule has 0 aliphatic heterocycles. The van der Waals surface area contributed by atoms with Crippen LogP contribution in [0.4, 0.5) is 0 Å². The fourth-order valence-corrected chi connectivity index (χ4v) is 0.204. The molecule has 4 heteroatoms. The predicted molar refractivity (Wildman–Crippen MR) is 39.9 cm³/mol. The van der Waals surface area contributed by atoms with Crippen LogP contribution in [0.3, 0.4) is 0 Å². The van der Waals surface area contributed by atoms with Crippen LogP contribution in [-0.2, 0) is 4.74 Å². The molecule has 0 aliphatic carbocycles. The molecular formula is C5H12Cl2O2. The van der Waals surface area contributed by atoms with Gasteiger partial charge in [0.1, 0.15) is 0 Å². The highest BCUT2D eigenvalue weighted by molar-refractivity contribution is 6.42. The quantitative estimate of drug-likeness (QED) is 0.648. The van der Waals surface area contributed by atoms with Gasteiger partial charge >= 0.3 is 0 Å². The standard InChI is InChI=1S/C4H10O.CH2Cl2O/c1-3-5-4-2;2-1(3)4/h3-4H2,1-2H3;1,4H. The van der Waals surface area contributed by atoms with E-state index in [2.05, 4.69) is 23.2 Å². The third kappa shape index (κ3) is 57.5. The van der Waals surface area contributed by atoms with Crippen LogP contribution in [0.2, 0.25) is 0 Å². The molecule has 0 aromatic heterocycles. The Morgan fingerprint density at radius 3 is 1.56 bits per heavy atom. The van der Waals surface area contributed by atoms with Gasteiger partial charge in [0.2, 0.25) is 5.02 Å². The molecule has 0 unspecified atom stereocenters. The van der Waals surface area contributed by atoms with Gasteiger partial charge in [-0.05, 0) is 13.8 Å². The first-order valence-electron chi connectivity index (χ1n) is 2.69. The molecule has 0 aromatic rings. The van der Waals surface area contributed by atoms with E-state index >= 15 is 0 Å². The summed E-state index contributed by atoms with van der Waals surface area (Å²) >= 11 is 9.19. The molecule has 0 bridgehead atoms. The van der Waals surface area contributed by atoms with Gasteiger partial charge in [0.05, 0.1) is 0 Å². The van der Waals surface area contributed by atoms with Gasteiger partial charge in [0, 0.05) is 13.2 Å². The number of rotatable bonds is 2. The summed E-state index contributed by atoms with van der Waals surface area (Å²) in [6, 6.07) is 0. The van der Waals surface area contributed by atoms with Crippen LogP contribution in [0.1, 0.15) is 13.8 Å². The lowest BCUT2D eigenvalue weighted by Gasteiger charge is -1.86. The van der Waals surface area contributed by atoms with Crippen molar-refractivity contribution in [1.82, 2.24) is 0 Å². The van der Waals surface area contributed by atoms with Gasteiger partial charge in [-0.2, -0.15) is 0 Å². The van der Waals surface area contributed by atoms with E-state index in [1.54, 1.807) is 0 Å². The maximum Gasteiger partial charge on any atom is 0.204 e. The molecule has 0 amide bonds. The maximum atomic E-state index is 7.59. The number of alkyl halides is 2. The zero-order valence-electron chi connectivity index (χ0n) is 5.60. The average Bonchev–Trinajstić information content (AvgIpc) is 1.66. The molecule has 58 valence electrons. The van der Waals surface area contributed by atoms with Crippen LogP contribution in [0, 0.1) is 0 Å². The van der Waals surface area contributed by atoms with E-state index in [0.29, 0.717) is 0 Å². The molecule has 0 rings (SSSR count). The van der Waals surface area contributed by atoms with Crippen molar-refractivity contribution in [3.8, 4) is 0 Å². The second-order valence-electron chi connectivity index (χ2n) is 1.06. The summed E-state index contributed by atoms with van der Waals surface area (Å²) in [5.74, 6) is 0. The van der Waals surface area contributed by atoms with E-state index in [-0.39, 0.29) is 0 Å². The van der Waals surface area contributed by atoms with Gasteiger partial charge in [-0.25, -0.2) is 0 Å². The Balaban J connectivity index is 0. The Hall–Kier alpha value is 0.500. The molecule has 2 nitrogen and oxygen atoms in total. The molecule has 0 radical (unpaired) electrons. The van der Waals surface area contributed by atoms with Crippen molar-refractivity contribution in [2.45, 2.75) is 18.9 Å². The second-order valence-corrected chi connectivity index (χ2v) is 2.11. The van der Waals surface area contributed by atoms with Gasteiger partial charge in [-0.15, -0.1) is 0 Å². The van der Waals surface area contributed by atoms with Crippen molar-refractivity contribution in [3.63, 3.8) is 0 Å². The molecular weight excluding hydrogens is 163 g/mol. The Labute approximate surface area is 65.7 Å². The fourth-order valence-electron chi connectivity index (χ4n) is 0.204. The number of halogens is 2. The maximum absolute atomic E-state index is 7.59. The Morgan fingerprint density at radius 1 is 1.33 bits per heavy atom. The molecule has 1 N–H and O–H groups in total. The van der Waals surface area contributed by atoms with E-state index in [9.17, 15) is 0 Å². The van der Waals surface area contributed by atoms with Crippen LogP contribution in [-0.4, -0.2) is 23.3 Å². The van der Waals surface area contributed by atoms with E-state index in [1.165, 1.54) is 0 Å². The first kappa shape index (κ1) is 12.2. The van der Waals surface area contributed by atoms with Gasteiger partial charge in [0.15, 0.2) is 0 Å². The highest BCUT2D eigenvalue weighted by atomic mass is 35.5. The molecule has 0 fully saturated rings. The molecule has 0 atom stereocenters. The summed E-state index contributed by atoms with van der Waals surface area (Å²) in [6.07, 6.45) is 0. The van der Waals surface area contributed by atoms with E-state index in [1.807, 2.05) is 13.8 Å². The normalized spacial score (nSPS) is 8.67. The topological polar surface area (TPSA) is 29.5 Å². The van der Waals surface area contributed by atoms with Crippen molar-refractivity contribution in [2.24, 2.45) is 0 Å². The van der Waals surface area contributed by atoms with E-state index in [4.69, 9.17) is 9.84 Å². The molecule has 0 saturated carbocycles. The molecule has 0 heterocycles. The number of aliphatic hydroxyl groups excluding tert-OH is 1. The molecule has 0 aliphatic rings. The van der Waals surface area contributed by atoms with Crippen LogP contribution in [0.15, 0.2) is 0 Å². The minimum atomic E-state index is -1.22. The monoisotopic (exact) mass is 174 g/mol. The molecule has 0 spiro atoms. The van der Waals surface area contributed by atoms with E-state index < -0.39 is 5.02 Å². The van der Waals surface area contributed by atoms with Crippen LogP contribution >= 0.6 is 23.2 Å². The second kappa shape index (κ2) is 11.3. The van der Waals surface area contributed by atoms with Crippen molar-refractivity contribution in [1.29, 1.82) is 0 Å². The number of hydrogen-bond donors (Lipinski definition) is 1. The smallest absolute Gasteiger partial charge is 0.204 e. The SMILES string of the molecule is CCOCC.OC(Cl)Cl. The average molecular weight is 175 g/mol. The van der Waals surface area contributed by atoms with Crippen molar-refractivity contribution in [3.05, 3.63) is 0 Å². The van der Waals surface area contributed by atoms with Gasteiger partial charge in [-0.3, -0.25) is 0 Å².